The van der Waals surface area contributed by atoms with Crippen molar-refractivity contribution in [2.24, 2.45) is 5.73 Å². The van der Waals surface area contributed by atoms with Crippen LogP contribution in [0.25, 0.3) is 0 Å². The summed E-state index contributed by atoms with van der Waals surface area (Å²) in [7, 11) is 1.20. The third kappa shape index (κ3) is 6.88. The van der Waals surface area contributed by atoms with Gasteiger partial charge in [0.25, 0.3) is 0 Å². The van der Waals surface area contributed by atoms with Gasteiger partial charge >= 0.3 is 5.97 Å². The number of primary amides is 1. The van der Waals surface area contributed by atoms with Crippen molar-refractivity contribution in [1.29, 1.82) is 0 Å². The molecule has 9 heteroatoms. The molecule has 0 bridgehead atoms. The van der Waals surface area contributed by atoms with Crippen LogP contribution in [0.5, 0.6) is 0 Å². The summed E-state index contributed by atoms with van der Waals surface area (Å²) < 4.78 is 18.3. The molecule has 0 saturated carbocycles. The lowest BCUT2D eigenvalue weighted by Crippen LogP contribution is -2.53. The van der Waals surface area contributed by atoms with Gasteiger partial charge in [-0.25, -0.2) is 4.39 Å². The number of methoxy groups -OCH3 is 1. The molecule has 0 aromatic heterocycles. The highest BCUT2D eigenvalue weighted by Gasteiger charge is 2.26. The molecule has 3 amide bonds. The van der Waals surface area contributed by atoms with Gasteiger partial charge in [-0.1, -0.05) is 18.2 Å². The number of nitrogens with two attached hydrogens (primary N) is 1. The molecule has 1 rings (SSSR count). The molecular weight excluding hydrogens is 345 g/mol. The van der Waals surface area contributed by atoms with Crippen LogP contribution in [0.1, 0.15) is 25.3 Å². The van der Waals surface area contributed by atoms with Crippen LogP contribution in [0.15, 0.2) is 24.3 Å². The maximum atomic E-state index is 13.8. The first-order valence-electron chi connectivity index (χ1n) is 7.91. The van der Waals surface area contributed by atoms with Crippen LogP contribution in [0, 0.1) is 5.82 Å². The quantitative estimate of drug-likeness (QED) is 0.521. The predicted octanol–water partition coefficient (Wildman–Crippen LogP) is -0.204. The van der Waals surface area contributed by atoms with E-state index < -0.39 is 41.6 Å². The molecule has 0 aliphatic heterocycles. The highest BCUT2D eigenvalue weighted by atomic mass is 19.1. The number of benzene rings is 1. The molecule has 0 saturated heterocycles. The first kappa shape index (κ1) is 21.1. The molecule has 8 nitrogen and oxygen atoms in total. The van der Waals surface area contributed by atoms with Gasteiger partial charge in [-0.15, -0.1) is 0 Å². The molecule has 0 aliphatic rings. The summed E-state index contributed by atoms with van der Waals surface area (Å²) in [6, 6.07) is 3.59. The summed E-state index contributed by atoms with van der Waals surface area (Å²) in [4.78, 5) is 46.5. The van der Waals surface area contributed by atoms with Gasteiger partial charge in [0, 0.05) is 19.8 Å². The summed E-state index contributed by atoms with van der Waals surface area (Å²) in [5, 5.41) is 4.80. The standard InChI is InChI=1S/C17H22FN3O5/c1-10(22)20-14(9-11-5-3-4-6-12(11)18)17(25)21-13(16(19)24)7-8-15(23)26-2/h3-6,13-14H,7-9H2,1-2H3,(H2,19,24)(H,20,22)(H,21,25)/t13-,14+/m1/s1. The van der Waals surface area contributed by atoms with Gasteiger partial charge in [0.15, 0.2) is 0 Å². The Hall–Kier alpha value is -2.97. The minimum Gasteiger partial charge on any atom is -0.469 e. The van der Waals surface area contributed by atoms with E-state index in [1.54, 1.807) is 6.07 Å². The first-order valence-corrected chi connectivity index (χ1v) is 7.91. The maximum Gasteiger partial charge on any atom is 0.305 e. The summed E-state index contributed by atoms with van der Waals surface area (Å²) >= 11 is 0. The van der Waals surface area contributed by atoms with Crippen molar-refractivity contribution in [3.8, 4) is 0 Å². The molecule has 2 atom stereocenters. The SMILES string of the molecule is COC(=O)CC[C@@H](NC(=O)[C@H](Cc1ccccc1F)NC(C)=O)C(N)=O. The van der Waals surface area contributed by atoms with Crippen molar-refractivity contribution in [2.75, 3.05) is 7.11 Å². The molecule has 0 heterocycles. The molecule has 0 unspecified atom stereocenters. The average Bonchev–Trinajstić information content (AvgIpc) is 2.58. The Labute approximate surface area is 150 Å². The van der Waals surface area contributed by atoms with Gasteiger partial charge in [0.1, 0.15) is 17.9 Å². The zero-order valence-electron chi connectivity index (χ0n) is 14.6. The Balaban J connectivity index is 2.86. The van der Waals surface area contributed by atoms with Crippen LogP contribution in [0.4, 0.5) is 4.39 Å². The summed E-state index contributed by atoms with van der Waals surface area (Å²) in [6.07, 6.45) is -0.288. The average molecular weight is 367 g/mol. The van der Waals surface area contributed by atoms with Crippen LogP contribution in [0.3, 0.4) is 0 Å². The summed E-state index contributed by atoms with van der Waals surface area (Å²) in [6.45, 7) is 1.21. The minimum absolute atomic E-state index is 0.0553. The minimum atomic E-state index is -1.13. The van der Waals surface area contributed by atoms with Crippen molar-refractivity contribution in [3.63, 3.8) is 0 Å². The Kier molecular flexibility index (Phi) is 8.20. The van der Waals surface area contributed by atoms with E-state index >= 15 is 0 Å². The number of ether oxygens (including phenoxy) is 1. The van der Waals surface area contributed by atoms with E-state index in [1.165, 1.54) is 32.2 Å². The van der Waals surface area contributed by atoms with Crippen molar-refractivity contribution in [1.82, 2.24) is 10.6 Å². The molecule has 0 aliphatic carbocycles. The Bertz CT molecular complexity index is 680. The fraction of sp³-hybridized carbons (Fsp3) is 0.412. The zero-order valence-corrected chi connectivity index (χ0v) is 14.6. The highest BCUT2D eigenvalue weighted by molar-refractivity contribution is 5.91. The number of amides is 3. The van der Waals surface area contributed by atoms with E-state index in [4.69, 9.17) is 5.73 Å². The van der Waals surface area contributed by atoms with E-state index in [2.05, 4.69) is 15.4 Å². The van der Waals surface area contributed by atoms with Crippen molar-refractivity contribution >= 4 is 23.7 Å². The molecular formula is C17H22FN3O5. The number of esters is 1. The molecule has 0 fully saturated rings. The summed E-state index contributed by atoms with van der Waals surface area (Å²) in [5.41, 5.74) is 5.47. The number of carbonyl (C=O) groups is 4. The Morgan fingerprint density at radius 1 is 1.15 bits per heavy atom. The number of hydrogen-bond donors (Lipinski definition) is 3. The monoisotopic (exact) mass is 367 g/mol. The van der Waals surface area contributed by atoms with Gasteiger partial charge in [-0.3, -0.25) is 19.2 Å². The van der Waals surface area contributed by atoms with Crippen LogP contribution < -0.4 is 16.4 Å². The fourth-order valence-electron chi connectivity index (χ4n) is 2.26. The van der Waals surface area contributed by atoms with Gasteiger partial charge < -0.3 is 21.1 Å². The van der Waals surface area contributed by atoms with Gasteiger partial charge in [-0.2, -0.15) is 0 Å². The van der Waals surface area contributed by atoms with Crippen molar-refractivity contribution in [2.45, 2.75) is 38.3 Å². The lowest BCUT2D eigenvalue weighted by molar-refractivity contribution is -0.141. The molecule has 0 radical (unpaired) electrons. The molecule has 1 aromatic rings. The maximum absolute atomic E-state index is 13.8. The number of hydrogen-bond acceptors (Lipinski definition) is 5. The summed E-state index contributed by atoms with van der Waals surface area (Å²) in [5.74, 6) is -3.12. The first-order chi connectivity index (χ1) is 12.2. The van der Waals surface area contributed by atoms with Gasteiger partial charge in [-0.05, 0) is 18.1 Å². The van der Waals surface area contributed by atoms with E-state index in [-0.39, 0.29) is 24.8 Å². The van der Waals surface area contributed by atoms with Gasteiger partial charge in [0.2, 0.25) is 17.7 Å². The smallest absolute Gasteiger partial charge is 0.305 e. The van der Waals surface area contributed by atoms with E-state index in [0.717, 1.165) is 0 Å². The fourth-order valence-corrected chi connectivity index (χ4v) is 2.26. The van der Waals surface area contributed by atoms with E-state index in [1.807, 2.05) is 0 Å². The molecule has 1 aromatic carbocycles. The Morgan fingerprint density at radius 2 is 1.81 bits per heavy atom. The largest absolute Gasteiger partial charge is 0.469 e. The molecule has 4 N–H and O–H groups in total. The molecule has 0 spiro atoms. The zero-order chi connectivity index (χ0) is 19.7. The topological polar surface area (TPSA) is 128 Å². The third-order valence-corrected chi connectivity index (χ3v) is 3.60. The van der Waals surface area contributed by atoms with Crippen LogP contribution >= 0.6 is 0 Å². The van der Waals surface area contributed by atoms with E-state index in [0.29, 0.717) is 0 Å². The highest BCUT2D eigenvalue weighted by Crippen LogP contribution is 2.10. The predicted molar refractivity (Wildman–Crippen MR) is 90.1 cm³/mol. The van der Waals surface area contributed by atoms with Crippen LogP contribution in [-0.4, -0.2) is 42.9 Å². The number of halogens is 1. The van der Waals surface area contributed by atoms with Crippen molar-refractivity contribution in [3.05, 3.63) is 35.6 Å². The number of nitrogens with one attached hydrogen (secondary N) is 2. The van der Waals surface area contributed by atoms with Crippen LogP contribution in [0.2, 0.25) is 0 Å². The van der Waals surface area contributed by atoms with Gasteiger partial charge in [0.05, 0.1) is 7.11 Å². The number of rotatable bonds is 9. The second kappa shape index (κ2) is 10.1. The lowest BCUT2D eigenvalue weighted by Gasteiger charge is -2.21. The van der Waals surface area contributed by atoms with Crippen LogP contribution in [-0.2, 0) is 30.3 Å². The molecule has 142 valence electrons. The number of carbonyl (C=O) groups excluding carboxylic acids is 4. The third-order valence-electron chi connectivity index (χ3n) is 3.60. The normalized spacial score (nSPS) is 12.6. The Morgan fingerprint density at radius 3 is 2.35 bits per heavy atom. The lowest BCUT2D eigenvalue weighted by atomic mass is 10.0. The van der Waals surface area contributed by atoms with E-state index in [9.17, 15) is 23.6 Å². The second-order valence-electron chi connectivity index (χ2n) is 5.63. The second-order valence-corrected chi connectivity index (χ2v) is 5.63. The molecule has 26 heavy (non-hydrogen) atoms. The van der Waals surface area contributed by atoms with Crippen molar-refractivity contribution < 1.29 is 28.3 Å².